The maximum absolute atomic E-state index is 6.53. The second-order valence-corrected chi connectivity index (χ2v) is 18.4. The summed E-state index contributed by atoms with van der Waals surface area (Å²) in [5, 5.41) is 3.26. The van der Waals surface area contributed by atoms with Gasteiger partial charge in [-0.2, -0.15) is 0 Å². The van der Waals surface area contributed by atoms with Crippen molar-refractivity contribution in [3.05, 3.63) is 72.8 Å². The van der Waals surface area contributed by atoms with Crippen molar-refractivity contribution < 1.29 is 18.9 Å². The van der Waals surface area contributed by atoms with Crippen molar-refractivity contribution in [2.75, 3.05) is 26.4 Å². The summed E-state index contributed by atoms with van der Waals surface area (Å²) >= 11 is 0. The number of nitrogens with one attached hydrogen (secondary N) is 2. The molecule has 0 atom stereocenters. The molecule has 2 aliphatic heterocycles. The molecule has 0 fully saturated rings. The van der Waals surface area contributed by atoms with Crippen molar-refractivity contribution in [2.24, 2.45) is 23.7 Å². The van der Waals surface area contributed by atoms with Gasteiger partial charge in [0.05, 0.1) is 48.3 Å². The van der Waals surface area contributed by atoms with Crippen LogP contribution in [0, 0.1) is 23.7 Å². The minimum absolute atomic E-state index is 0.471. The van der Waals surface area contributed by atoms with Crippen molar-refractivity contribution >= 4 is 44.1 Å². The highest BCUT2D eigenvalue weighted by atomic mass is 16.5. The van der Waals surface area contributed by atoms with Crippen molar-refractivity contribution in [3.8, 4) is 68.5 Å². The fourth-order valence-electron chi connectivity index (χ4n) is 7.96. The standard InChI is InChI=1S/C52H58N8O4/c1-29(2)21-25-61-37-17-9-13-33-41(37)49-53-45(33)58-50-43-35(15-11-19-39(43)63-27-23-31(5)6)47(55-50)60-52-44-36(16-12-20-40(44)64-28-24-32(7)8)48(56-52)59-51-42-34(46(54-51)57-49)14-10-18-38(42)62-26-22-30(3)4/h9-20,29-32H,21-28H2,1-8H3,(H2,53,54,55,56,57,58,59,60). The molecule has 0 unspecified atom stereocenters. The first-order valence-corrected chi connectivity index (χ1v) is 22.9. The molecule has 5 heterocycles. The van der Waals surface area contributed by atoms with Crippen LogP contribution < -0.4 is 18.9 Å². The molecule has 4 aromatic carbocycles. The molecule has 9 rings (SSSR count). The highest BCUT2D eigenvalue weighted by molar-refractivity contribution is 6.10. The van der Waals surface area contributed by atoms with Crippen LogP contribution in [0.15, 0.2) is 72.8 Å². The van der Waals surface area contributed by atoms with Gasteiger partial charge in [0, 0.05) is 21.9 Å². The minimum atomic E-state index is 0.471. The third kappa shape index (κ3) is 8.70. The maximum Gasteiger partial charge on any atom is 0.168 e. The molecule has 12 heteroatoms. The van der Waals surface area contributed by atoms with Gasteiger partial charge in [0.25, 0.3) is 0 Å². The van der Waals surface area contributed by atoms with Crippen LogP contribution in [-0.4, -0.2) is 66.3 Å². The van der Waals surface area contributed by atoms with Gasteiger partial charge in [0.2, 0.25) is 0 Å². The topological polar surface area (TPSA) is 146 Å². The lowest BCUT2D eigenvalue weighted by Crippen LogP contribution is -2.02. The lowest BCUT2D eigenvalue weighted by atomic mass is 10.1. The molecule has 12 nitrogen and oxygen atoms in total. The number of aromatic amines is 2. The molecule has 64 heavy (non-hydrogen) atoms. The van der Waals surface area contributed by atoms with E-state index in [9.17, 15) is 0 Å². The highest BCUT2D eigenvalue weighted by Crippen LogP contribution is 2.44. The Labute approximate surface area is 374 Å². The predicted molar refractivity (Wildman–Crippen MR) is 256 cm³/mol. The van der Waals surface area contributed by atoms with Crippen LogP contribution in [0.25, 0.3) is 89.7 Å². The van der Waals surface area contributed by atoms with E-state index in [-0.39, 0.29) is 0 Å². The molecule has 2 aliphatic rings. The fraction of sp³-hybridized carbons (Fsp3) is 0.385. The summed E-state index contributed by atoms with van der Waals surface area (Å²) in [5.41, 5.74) is 5.42. The number of rotatable bonds is 16. The number of benzene rings is 4. The average Bonchev–Trinajstić information content (AvgIpc) is 4.00. The Hall–Kier alpha value is -6.56. The zero-order valence-corrected chi connectivity index (χ0v) is 38.2. The largest absolute Gasteiger partial charge is 0.493 e. The summed E-state index contributed by atoms with van der Waals surface area (Å²) in [6, 6.07) is 24.0. The SMILES string of the molecule is CC(C)CCOc1cccc2c1-c1nc-2nc2[nH]c(nc3nc(nc4[nH]c(n1)c1cccc(OCCC(C)C)c41)-c1cccc(OCCC(C)C)c1-3)c1cccc(OCCC(C)C)c21. The van der Waals surface area contributed by atoms with E-state index in [0.717, 1.165) is 69.5 Å². The van der Waals surface area contributed by atoms with Crippen LogP contribution in [0.1, 0.15) is 81.1 Å². The van der Waals surface area contributed by atoms with Crippen molar-refractivity contribution in [3.63, 3.8) is 0 Å². The summed E-state index contributed by atoms with van der Waals surface area (Å²) in [7, 11) is 0. The van der Waals surface area contributed by atoms with E-state index in [4.69, 9.17) is 48.9 Å². The summed E-state index contributed by atoms with van der Waals surface area (Å²) < 4.78 is 26.1. The first kappa shape index (κ1) is 42.7. The second-order valence-electron chi connectivity index (χ2n) is 18.4. The number of fused-ring (bicyclic) bond motifs is 20. The van der Waals surface area contributed by atoms with Crippen LogP contribution in [0.3, 0.4) is 0 Å². The zero-order chi connectivity index (χ0) is 44.5. The molecule has 0 amide bonds. The van der Waals surface area contributed by atoms with E-state index < -0.39 is 0 Å². The quantitative estimate of drug-likeness (QED) is 0.0962. The Kier molecular flexibility index (Phi) is 12.2. The van der Waals surface area contributed by atoms with Crippen LogP contribution in [0.5, 0.6) is 23.0 Å². The number of ether oxygens (including phenoxy) is 4. The molecule has 0 radical (unpaired) electrons. The summed E-state index contributed by atoms with van der Waals surface area (Å²) in [4.78, 5) is 38.9. The first-order valence-electron chi connectivity index (χ1n) is 22.9. The van der Waals surface area contributed by atoms with Crippen LogP contribution >= 0.6 is 0 Å². The summed E-state index contributed by atoms with van der Waals surface area (Å²) in [6.07, 6.45) is 3.61. The number of hydrogen-bond donors (Lipinski definition) is 2. The van der Waals surface area contributed by atoms with E-state index in [1.807, 2.05) is 72.8 Å². The molecule has 330 valence electrons. The van der Waals surface area contributed by atoms with E-state index in [1.165, 1.54) is 0 Å². The lowest BCUT2D eigenvalue weighted by Gasteiger charge is -2.11. The van der Waals surface area contributed by atoms with Gasteiger partial charge in [0.15, 0.2) is 23.3 Å². The molecule has 0 saturated heterocycles. The van der Waals surface area contributed by atoms with Gasteiger partial charge in [-0.3, -0.25) is 0 Å². The van der Waals surface area contributed by atoms with Gasteiger partial charge in [-0.15, -0.1) is 0 Å². The monoisotopic (exact) mass is 858 g/mol. The maximum atomic E-state index is 6.53. The molecule has 3 aromatic heterocycles. The summed E-state index contributed by atoms with van der Waals surface area (Å²) in [6.45, 7) is 19.8. The Bertz CT molecular complexity index is 2800. The van der Waals surface area contributed by atoms with E-state index in [1.54, 1.807) is 0 Å². The Morgan fingerprint density at radius 3 is 1.08 bits per heavy atom. The zero-order valence-electron chi connectivity index (χ0n) is 38.2. The second kappa shape index (κ2) is 18.3. The molecule has 0 aliphatic carbocycles. The van der Waals surface area contributed by atoms with E-state index >= 15 is 0 Å². The molecule has 0 saturated carbocycles. The van der Waals surface area contributed by atoms with E-state index in [2.05, 4.69) is 65.4 Å². The summed E-state index contributed by atoms with van der Waals surface area (Å²) in [5.74, 6) is 6.62. The Balaban J connectivity index is 1.38. The van der Waals surface area contributed by atoms with Gasteiger partial charge in [-0.25, -0.2) is 29.9 Å². The lowest BCUT2D eigenvalue weighted by molar-refractivity contribution is 0.290. The van der Waals surface area contributed by atoms with Gasteiger partial charge in [0.1, 0.15) is 45.6 Å². The molecular formula is C52H58N8O4. The smallest absolute Gasteiger partial charge is 0.168 e. The number of hydrogen-bond acceptors (Lipinski definition) is 10. The number of H-pyrrole nitrogens is 2. The van der Waals surface area contributed by atoms with Gasteiger partial charge < -0.3 is 28.9 Å². The van der Waals surface area contributed by atoms with E-state index in [0.29, 0.717) is 119 Å². The van der Waals surface area contributed by atoms with Gasteiger partial charge in [-0.05, 0) is 73.6 Å². The average molecular weight is 859 g/mol. The highest BCUT2D eigenvalue weighted by Gasteiger charge is 2.27. The number of nitrogens with zero attached hydrogens (tertiary/aromatic N) is 6. The third-order valence-corrected chi connectivity index (χ3v) is 11.6. The molecule has 2 N–H and O–H groups in total. The third-order valence-electron chi connectivity index (χ3n) is 11.6. The Morgan fingerprint density at radius 2 is 0.703 bits per heavy atom. The molecule has 8 bridgehead atoms. The Morgan fingerprint density at radius 1 is 0.375 bits per heavy atom. The molecule has 7 aromatic rings. The van der Waals surface area contributed by atoms with Gasteiger partial charge in [-0.1, -0.05) is 104 Å². The van der Waals surface area contributed by atoms with Crippen LogP contribution in [0.2, 0.25) is 0 Å². The molecular weight excluding hydrogens is 801 g/mol. The fourth-order valence-corrected chi connectivity index (χ4v) is 7.96. The van der Waals surface area contributed by atoms with Gasteiger partial charge >= 0.3 is 0 Å². The first-order chi connectivity index (χ1) is 31.0. The minimum Gasteiger partial charge on any atom is -0.493 e. The van der Waals surface area contributed by atoms with Crippen LogP contribution in [-0.2, 0) is 0 Å². The van der Waals surface area contributed by atoms with Crippen LogP contribution in [0.4, 0.5) is 0 Å². The van der Waals surface area contributed by atoms with Crippen molar-refractivity contribution in [2.45, 2.75) is 81.1 Å². The predicted octanol–water partition coefficient (Wildman–Crippen LogP) is 12.6. The normalized spacial score (nSPS) is 12.2. The number of aromatic nitrogens is 8. The molecule has 0 spiro atoms. The van der Waals surface area contributed by atoms with Crippen molar-refractivity contribution in [1.82, 2.24) is 39.9 Å². The van der Waals surface area contributed by atoms with Crippen molar-refractivity contribution in [1.29, 1.82) is 0 Å².